The number of carbonyl (C=O) groups excluding carboxylic acids is 2. The van der Waals surface area contributed by atoms with E-state index in [1.165, 1.54) is 36.9 Å². The SMILES string of the molecule is COc1ccc(S(=O)(=O)N(CC(=O)NO)C(=O)OC(C)(C)C)cc1. The number of amides is 2. The first kappa shape index (κ1) is 19.7. The molecule has 2 amide bonds. The van der Waals surface area contributed by atoms with Gasteiger partial charge in [0, 0.05) is 0 Å². The first-order valence-corrected chi connectivity index (χ1v) is 8.28. The lowest BCUT2D eigenvalue weighted by Gasteiger charge is -2.26. The van der Waals surface area contributed by atoms with E-state index in [4.69, 9.17) is 14.7 Å². The van der Waals surface area contributed by atoms with Crippen molar-refractivity contribution in [2.45, 2.75) is 31.3 Å². The Morgan fingerprint density at radius 2 is 1.75 bits per heavy atom. The van der Waals surface area contributed by atoms with Gasteiger partial charge in [0.2, 0.25) is 0 Å². The number of nitrogens with zero attached hydrogens (tertiary/aromatic N) is 1. The molecule has 0 aliphatic rings. The standard InChI is InChI=1S/C14H20N2O7S/c1-14(2,3)23-13(18)16(9-12(17)15-19)24(20,21)11-7-5-10(22-4)6-8-11/h5-8,19H,9H2,1-4H3,(H,15,17). The first-order valence-electron chi connectivity index (χ1n) is 6.84. The van der Waals surface area contributed by atoms with Crippen LogP contribution in [0.3, 0.4) is 0 Å². The Kier molecular flexibility index (Phi) is 6.16. The van der Waals surface area contributed by atoms with E-state index in [-0.39, 0.29) is 9.20 Å². The lowest BCUT2D eigenvalue weighted by Crippen LogP contribution is -2.45. The second-order valence-electron chi connectivity index (χ2n) is 5.70. The van der Waals surface area contributed by atoms with Crippen LogP contribution in [0.4, 0.5) is 4.79 Å². The Labute approximate surface area is 140 Å². The normalized spacial score (nSPS) is 11.5. The molecular formula is C14H20N2O7S. The summed E-state index contributed by atoms with van der Waals surface area (Å²) in [4.78, 5) is 23.3. The van der Waals surface area contributed by atoms with Crippen molar-refractivity contribution in [3.63, 3.8) is 0 Å². The fourth-order valence-corrected chi connectivity index (χ4v) is 2.86. The monoisotopic (exact) mass is 360 g/mol. The molecule has 0 bridgehead atoms. The van der Waals surface area contributed by atoms with E-state index in [2.05, 4.69) is 0 Å². The number of nitrogens with one attached hydrogen (secondary N) is 1. The van der Waals surface area contributed by atoms with Gasteiger partial charge in [0.15, 0.2) is 0 Å². The third-order valence-electron chi connectivity index (χ3n) is 2.66. The molecule has 24 heavy (non-hydrogen) atoms. The molecule has 1 aromatic rings. The van der Waals surface area contributed by atoms with Gasteiger partial charge in [-0.15, -0.1) is 0 Å². The van der Waals surface area contributed by atoms with E-state index >= 15 is 0 Å². The lowest BCUT2D eigenvalue weighted by atomic mass is 10.2. The van der Waals surface area contributed by atoms with Crippen LogP contribution in [-0.2, 0) is 19.6 Å². The zero-order valence-corrected chi connectivity index (χ0v) is 14.6. The van der Waals surface area contributed by atoms with Crippen LogP contribution in [-0.4, -0.2) is 49.2 Å². The van der Waals surface area contributed by atoms with Crippen LogP contribution in [0.25, 0.3) is 0 Å². The quantitative estimate of drug-likeness (QED) is 0.596. The summed E-state index contributed by atoms with van der Waals surface area (Å²) in [6, 6.07) is 5.24. The fraction of sp³-hybridized carbons (Fsp3) is 0.429. The highest BCUT2D eigenvalue weighted by molar-refractivity contribution is 7.89. The molecule has 134 valence electrons. The second-order valence-corrected chi connectivity index (χ2v) is 7.56. The Balaban J connectivity index is 3.24. The number of carbonyl (C=O) groups is 2. The van der Waals surface area contributed by atoms with Gasteiger partial charge >= 0.3 is 6.09 Å². The maximum Gasteiger partial charge on any atom is 0.424 e. The van der Waals surface area contributed by atoms with Crippen LogP contribution < -0.4 is 10.2 Å². The maximum absolute atomic E-state index is 12.6. The molecule has 0 aromatic heterocycles. The van der Waals surface area contributed by atoms with Gasteiger partial charge in [-0.2, -0.15) is 4.31 Å². The molecule has 0 fully saturated rings. The van der Waals surface area contributed by atoms with Crippen LogP contribution in [0.2, 0.25) is 0 Å². The van der Waals surface area contributed by atoms with Crippen LogP contribution in [0.15, 0.2) is 29.2 Å². The topological polar surface area (TPSA) is 122 Å². The van der Waals surface area contributed by atoms with E-state index in [9.17, 15) is 18.0 Å². The molecule has 0 heterocycles. The summed E-state index contributed by atoms with van der Waals surface area (Å²) in [5.74, 6) is -0.663. The largest absolute Gasteiger partial charge is 0.497 e. The number of ether oxygens (including phenoxy) is 2. The van der Waals surface area contributed by atoms with Gasteiger partial charge < -0.3 is 9.47 Å². The highest BCUT2D eigenvalue weighted by Gasteiger charge is 2.34. The van der Waals surface area contributed by atoms with E-state index < -0.39 is 34.2 Å². The Morgan fingerprint density at radius 3 is 2.17 bits per heavy atom. The number of hydroxylamine groups is 1. The predicted molar refractivity (Wildman–Crippen MR) is 83.0 cm³/mol. The number of hydrogen-bond donors (Lipinski definition) is 2. The Bertz CT molecular complexity index is 693. The number of rotatable bonds is 5. The average Bonchev–Trinajstić information content (AvgIpc) is 2.50. The number of sulfonamides is 1. The number of benzene rings is 1. The zero-order valence-electron chi connectivity index (χ0n) is 13.8. The van der Waals surface area contributed by atoms with Gasteiger partial charge in [-0.1, -0.05) is 0 Å². The molecule has 0 aliphatic carbocycles. The van der Waals surface area contributed by atoms with E-state index in [0.717, 1.165) is 0 Å². The molecule has 0 radical (unpaired) electrons. The molecule has 9 nitrogen and oxygen atoms in total. The third-order valence-corrected chi connectivity index (χ3v) is 4.38. The van der Waals surface area contributed by atoms with Crippen molar-refractivity contribution in [1.29, 1.82) is 0 Å². The highest BCUT2D eigenvalue weighted by atomic mass is 32.2. The van der Waals surface area contributed by atoms with Gasteiger partial charge in [-0.25, -0.2) is 18.7 Å². The van der Waals surface area contributed by atoms with Gasteiger partial charge in [0.05, 0.1) is 12.0 Å². The van der Waals surface area contributed by atoms with Crippen molar-refractivity contribution >= 4 is 22.0 Å². The van der Waals surface area contributed by atoms with Gasteiger partial charge in [-0.05, 0) is 45.0 Å². The number of methoxy groups -OCH3 is 1. The molecule has 0 unspecified atom stereocenters. The van der Waals surface area contributed by atoms with Crippen molar-refractivity contribution in [3.05, 3.63) is 24.3 Å². The second kappa shape index (κ2) is 7.49. The van der Waals surface area contributed by atoms with Crippen molar-refractivity contribution in [1.82, 2.24) is 9.79 Å². The smallest absolute Gasteiger partial charge is 0.424 e. The van der Waals surface area contributed by atoms with E-state index in [0.29, 0.717) is 5.75 Å². The molecule has 0 atom stereocenters. The van der Waals surface area contributed by atoms with Gasteiger partial charge in [0.25, 0.3) is 15.9 Å². The van der Waals surface area contributed by atoms with Crippen LogP contribution in [0.5, 0.6) is 5.75 Å². The molecule has 0 spiro atoms. The van der Waals surface area contributed by atoms with Crippen LogP contribution >= 0.6 is 0 Å². The summed E-state index contributed by atoms with van der Waals surface area (Å²) in [7, 11) is -2.95. The highest BCUT2D eigenvalue weighted by Crippen LogP contribution is 2.21. The summed E-state index contributed by atoms with van der Waals surface area (Å²) in [5, 5.41) is 8.61. The summed E-state index contributed by atoms with van der Waals surface area (Å²) in [6.07, 6.45) is -1.23. The van der Waals surface area contributed by atoms with Crippen molar-refractivity contribution in [2.75, 3.05) is 13.7 Å². The first-order chi connectivity index (χ1) is 11.0. The lowest BCUT2D eigenvalue weighted by molar-refractivity contribution is -0.129. The van der Waals surface area contributed by atoms with Crippen molar-refractivity contribution < 1.29 is 32.7 Å². The summed E-state index contributed by atoms with van der Waals surface area (Å²) >= 11 is 0. The molecule has 0 saturated carbocycles. The third kappa shape index (κ3) is 5.10. The van der Waals surface area contributed by atoms with Crippen molar-refractivity contribution in [3.8, 4) is 5.75 Å². The van der Waals surface area contributed by atoms with E-state index in [1.807, 2.05) is 0 Å². The molecule has 1 rings (SSSR count). The molecule has 2 N–H and O–H groups in total. The summed E-state index contributed by atoms with van der Waals surface area (Å²) < 4.78 is 35.5. The van der Waals surface area contributed by atoms with E-state index in [1.54, 1.807) is 20.8 Å². The molecule has 0 saturated heterocycles. The molecule has 0 aliphatic heterocycles. The summed E-state index contributed by atoms with van der Waals surface area (Å²) in [6.45, 7) is 3.72. The Morgan fingerprint density at radius 1 is 1.21 bits per heavy atom. The summed E-state index contributed by atoms with van der Waals surface area (Å²) in [5.41, 5.74) is 0.310. The van der Waals surface area contributed by atoms with Gasteiger partial charge in [-0.3, -0.25) is 10.0 Å². The molecular weight excluding hydrogens is 340 g/mol. The molecule has 1 aromatic carbocycles. The van der Waals surface area contributed by atoms with Crippen LogP contribution in [0.1, 0.15) is 20.8 Å². The van der Waals surface area contributed by atoms with Crippen LogP contribution in [0, 0.1) is 0 Å². The minimum atomic E-state index is -4.37. The molecule has 10 heteroatoms. The predicted octanol–water partition coefficient (Wildman–Crippen LogP) is 1.13. The van der Waals surface area contributed by atoms with Crippen molar-refractivity contribution in [2.24, 2.45) is 0 Å². The van der Waals surface area contributed by atoms with Gasteiger partial charge in [0.1, 0.15) is 17.9 Å². The Hall–Kier alpha value is -2.33. The average molecular weight is 360 g/mol. The minimum absolute atomic E-state index is 0.236. The minimum Gasteiger partial charge on any atom is -0.497 e. The fourth-order valence-electron chi connectivity index (χ4n) is 1.60. The maximum atomic E-state index is 12.6. The number of hydrogen-bond acceptors (Lipinski definition) is 7. The zero-order chi connectivity index (χ0) is 18.5.